The van der Waals surface area contributed by atoms with Crippen molar-refractivity contribution < 1.29 is 9.53 Å². The van der Waals surface area contributed by atoms with E-state index in [4.69, 9.17) is 10.00 Å². The molecule has 1 aromatic carbocycles. The van der Waals surface area contributed by atoms with E-state index in [0.717, 1.165) is 17.4 Å². The molecule has 0 fully saturated rings. The molecular weight excluding hydrogens is 190 g/mol. The van der Waals surface area contributed by atoms with Crippen molar-refractivity contribution in [2.75, 3.05) is 0 Å². The summed E-state index contributed by atoms with van der Waals surface area (Å²) in [5.74, 6) is 0.689. The maximum Gasteiger partial charge on any atom is 0.181 e. The van der Waals surface area contributed by atoms with Gasteiger partial charge < -0.3 is 4.74 Å². The van der Waals surface area contributed by atoms with Crippen molar-refractivity contribution >= 4 is 6.29 Å². The van der Waals surface area contributed by atoms with Gasteiger partial charge in [-0.3, -0.25) is 4.79 Å². The number of ether oxygens (including phenoxy) is 1. The average Bonchev–Trinajstić information content (AvgIpc) is 2.22. The lowest BCUT2D eigenvalue weighted by Crippen LogP contribution is -2.10. The Bertz CT molecular complexity index is 395. The second-order valence-electron chi connectivity index (χ2n) is 3.49. The van der Waals surface area contributed by atoms with Crippen LogP contribution in [0.4, 0.5) is 0 Å². The second-order valence-corrected chi connectivity index (χ2v) is 3.49. The number of carbonyl (C=O) groups is 1. The number of nitriles is 1. The molecule has 0 heterocycles. The summed E-state index contributed by atoms with van der Waals surface area (Å²) in [5.41, 5.74) is 2.38. The molecule has 0 aliphatic carbocycles. The maximum atomic E-state index is 10.6. The highest BCUT2D eigenvalue weighted by Crippen LogP contribution is 2.25. The molecule has 1 unspecified atom stereocenters. The summed E-state index contributed by atoms with van der Waals surface area (Å²) < 4.78 is 5.45. The van der Waals surface area contributed by atoms with Crippen LogP contribution in [0.1, 0.15) is 28.4 Å². The van der Waals surface area contributed by atoms with E-state index in [1.165, 1.54) is 0 Å². The molecule has 78 valence electrons. The Kier molecular flexibility index (Phi) is 3.46. The van der Waals surface area contributed by atoms with Gasteiger partial charge in [0.15, 0.2) is 6.10 Å². The number of nitrogens with zero attached hydrogens (tertiary/aromatic N) is 1. The zero-order valence-electron chi connectivity index (χ0n) is 9.07. The van der Waals surface area contributed by atoms with E-state index >= 15 is 0 Å². The third-order valence-electron chi connectivity index (χ3n) is 2.10. The maximum absolute atomic E-state index is 10.6. The van der Waals surface area contributed by atoms with Gasteiger partial charge in [-0.25, -0.2) is 0 Å². The molecule has 1 atom stereocenters. The summed E-state index contributed by atoms with van der Waals surface area (Å²) in [7, 11) is 0. The molecular formula is C12H13NO2. The first-order valence-corrected chi connectivity index (χ1v) is 4.71. The average molecular weight is 203 g/mol. The number of hydrogen-bond donors (Lipinski definition) is 0. The van der Waals surface area contributed by atoms with Gasteiger partial charge in [0, 0.05) is 5.56 Å². The van der Waals surface area contributed by atoms with Crippen LogP contribution in [0.3, 0.4) is 0 Å². The molecule has 0 spiro atoms. The summed E-state index contributed by atoms with van der Waals surface area (Å²) in [6.07, 6.45) is 0.321. The fourth-order valence-electron chi connectivity index (χ4n) is 1.44. The molecule has 0 radical (unpaired) electrons. The van der Waals surface area contributed by atoms with Crippen molar-refractivity contribution in [3.05, 3.63) is 28.8 Å². The van der Waals surface area contributed by atoms with Crippen LogP contribution in [0.5, 0.6) is 5.75 Å². The number of rotatable bonds is 3. The van der Waals surface area contributed by atoms with Gasteiger partial charge in [0.1, 0.15) is 18.1 Å². The van der Waals surface area contributed by atoms with E-state index in [-0.39, 0.29) is 0 Å². The Hall–Kier alpha value is -1.82. The molecule has 0 N–H and O–H groups in total. The van der Waals surface area contributed by atoms with E-state index in [0.29, 0.717) is 11.3 Å². The van der Waals surface area contributed by atoms with Gasteiger partial charge in [0.25, 0.3) is 0 Å². The van der Waals surface area contributed by atoms with Crippen molar-refractivity contribution in [3.63, 3.8) is 0 Å². The molecule has 3 nitrogen and oxygen atoms in total. The highest BCUT2D eigenvalue weighted by molar-refractivity contribution is 5.76. The monoisotopic (exact) mass is 203 g/mol. The molecule has 0 saturated carbocycles. The lowest BCUT2D eigenvalue weighted by atomic mass is 10.1. The molecule has 0 aliphatic heterocycles. The van der Waals surface area contributed by atoms with Crippen LogP contribution in [-0.2, 0) is 0 Å². The van der Waals surface area contributed by atoms with Crippen molar-refractivity contribution in [1.82, 2.24) is 0 Å². The summed E-state index contributed by atoms with van der Waals surface area (Å²) in [6.45, 7) is 5.41. The largest absolute Gasteiger partial charge is 0.475 e. The number of benzene rings is 1. The van der Waals surface area contributed by atoms with Crippen LogP contribution < -0.4 is 4.74 Å². The number of aldehydes is 1. The number of aryl methyl sites for hydroxylation is 2. The van der Waals surface area contributed by atoms with Gasteiger partial charge in [-0.2, -0.15) is 5.26 Å². The minimum atomic E-state index is -0.482. The third-order valence-corrected chi connectivity index (χ3v) is 2.10. The Balaban J connectivity index is 3.09. The minimum Gasteiger partial charge on any atom is -0.475 e. The molecule has 15 heavy (non-hydrogen) atoms. The fourth-order valence-corrected chi connectivity index (χ4v) is 1.44. The van der Waals surface area contributed by atoms with Crippen LogP contribution in [0.2, 0.25) is 0 Å². The Morgan fingerprint density at radius 3 is 2.33 bits per heavy atom. The van der Waals surface area contributed by atoms with Gasteiger partial charge in [-0.05, 0) is 44.0 Å². The number of hydrogen-bond acceptors (Lipinski definition) is 3. The quantitative estimate of drug-likeness (QED) is 0.709. The minimum absolute atomic E-state index is 0.482. The Morgan fingerprint density at radius 1 is 1.40 bits per heavy atom. The standard InChI is InChI=1S/C12H13NO2/c1-8-4-11(7-14)5-9(2)12(8)15-10(3)6-13/h4-5,7,10H,1-3H3. The highest BCUT2D eigenvalue weighted by atomic mass is 16.5. The normalized spacial score (nSPS) is 11.6. The van der Waals surface area contributed by atoms with Crippen LogP contribution in [0.25, 0.3) is 0 Å². The molecule has 0 aliphatic rings. The third kappa shape index (κ3) is 2.57. The van der Waals surface area contributed by atoms with E-state index in [1.54, 1.807) is 19.1 Å². The lowest BCUT2D eigenvalue weighted by molar-refractivity contribution is 0.112. The van der Waals surface area contributed by atoms with Crippen LogP contribution >= 0.6 is 0 Å². The van der Waals surface area contributed by atoms with Crippen molar-refractivity contribution in [2.45, 2.75) is 26.9 Å². The van der Waals surface area contributed by atoms with Gasteiger partial charge in [-0.15, -0.1) is 0 Å². The summed E-state index contributed by atoms with van der Waals surface area (Å²) >= 11 is 0. The SMILES string of the molecule is Cc1cc(C=O)cc(C)c1OC(C)C#N. The highest BCUT2D eigenvalue weighted by Gasteiger charge is 2.09. The molecule has 3 heteroatoms. The van der Waals surface area contributed by atoms with Crippen molar-refractivity contribution in [2.24, 2.45) is 0 Å². The van der Waals surface area contributed by atoms with Crippen molar-refractivity contribution in [1.29, 1.82) is 5.26 Å². The summed E-state index contributed by atoms with van der Waals surface area (Å²) in [6, 6.07) is 5.50. The molecule has 0 aromatic heterocycles. The van der Waals surface area contributed by atoms with Crippen molar-refractivity contribution in [3.8, 4) is 11.8 Å². The first kappa shape index (κ1) is 11.3. The van der Waals surface area contributed by atoms with E-state index in [9.17, 15) is 4.79 Å². The Labute approximate surface area is 89.3 Å². The van der Waals surface area contributed by atoms with Gasteiger partial charge in [0.2, 0.25) is 0 Å². The van der Waals surface area contributed by atoms with Gasteiger partial charge in [0.05, 0.1) is 0 Å². The lowest BCUT2D eigenvalue weighted by Gasteiger charge is -2.13. The van der Waals surface area contributed by atoms with E-state index in [1.807, 2.05) is 19.9 Å². The van der Waals surface area contributed by atoms with Gasteiger partial charge in [-0.1, -0.05) is 0 Å². The van der Waals surface area contributed by atoms with Crippen LogP contribution in [-0.4, -0.2) is 12.4 Å². The zero-order chi connectivity index (χ0) is 11.4. The Morgan fingerprint density at radius 2 is 1.93 bits per heavy atom. The molecule has 1 rings (SSSR count). The second kappa shape index (κ2) is 4.61. The molecule has 0 bridgehead atoms. The predicted molar refractivity (Wildman–Crippen MR) is 57.0 cm³/mol. The molecule has 1 aromatic rings. The fraction of sp³-hybridized carbons (Fsp3) is 0.333. The van der Waals surface area contributed by atoms with Crippen LogP contribution in [0, 0.1) is 25.2 Å². The van der Waals surface area contributed by atoms with Gasteiger partial charge >= 0.3 is 0 Å². The number of carbonyl (C=O) groups excluding carboxylic acids is 1. The first-order chi connectivity index (χ1) is 7.08. The predicted octanol–water partition coefficient (Wildman–Crippen LogP) is 2.41. The smallest absolute Gasteiger partial charge is 0.181 e. The van der Waals surface area contributed by atoms with Crippen LogP contribution in [0.15, 0.2) is 12.1 Å². The summed E-state index contributed by atoms with van der Waals surface area (Å²) in [4.78, 5) is 10.6. The molecule has 0 amide bonds. The summed E-state index contributed by atoms with van der Waals surface area (Å²) in [5, 5.41) is 8.65. The van der Waals surface area contributed by atoms with E-state index < -0.39 is 6.10 Å². The van der Waals surface area contributed by atoms with E-state index in [2.05, 4.69) is 0 Å². The first-order valence-electron chi connectivity index (χ1n) is 4.71. The molecule has 0 saturated heterocycles. The topological polar surface area (TPSA) is 50.1 Å². The zero-order valence-corrected chi connectivity index (χ0v) is 9.07.